The Hall–Kier alpha value is -0.930. The van der Waals surface area contributed by atoms with Gasteiger partial charge in [0.05, 0.1) is 6.10 Å². The van der Waals surface area contributed by atoms with Crippen LogP contribution < -0.4 is 5.73 Å². The Bertz CT molecular complexity index is 340. The van der Waals surface area contributed by atoms with Crippen LogP contribution in [0.4, 0.5) is 4.39 Å². The predicted molar refractivity (Wildman–Crippen MR) is 52.3 cm³/mol. The van der Waals surface area contributed by atoms with E-state index in [4.69, 9.17) is 5.73 Å². The second-order valence-corrected chi connectivity index (χ2v) is 3.81. The lowest BCUT2D eigenvalue weighted by atomic mass is 9.99. The third-order valence-electron chi connectivity index (χ3n) is 2.83. The van der Waals surface area contributed by atoms with Crippen molar-refractivity contribution in [1.29, 1.82) is 0 Å². The van der Waals surface area contributed by atoms with E-state index in [9.17, 15) is 9.50 Å². The maximum Gasteiger partial charge on any atom is 0.129 e. The molecular formula is C11H14FNO. The summed E-state index contributed by atoms with van der Waals surface area (Å²) in [5, 5.41) is 9.83. The predicted octanol–water partition coefficient (Wildman–Crippen LogP) is 1.52. The van der Waals surface area contributed by atoms with Crippen LogP contribution in [0, 0.1) is 5.82 Å². The monoisotopic (exact) mass is 195 g/mol. The first kappa shape index (κ1) is 9.62. The van der Waals surface area contributed by atoms with Crippen LogP contribution >= 0.6 is 0 Å². The number of rotatable bonds is 0. The van der Waals surface area contributed by atoms with Gasteiger partial charge in [-0.2, -0.15) is 0 Å². The van der Waals surface area contributed by atoms with Crippen LogP contribution in [-0.4, -0.2) is 11.1 Å². The zero-order chi connectivity index (χ0) is 10.1. The highest BCUT2D eigenvalue weighted by molar-refractivity contribution is 5.32. The second-order valence-electron chi connectivity index (χ2n) is 3.81. The highest BCUT2D eigenvalue weighted by Gasteiger charge is 2.25. The number of nitrogens with two attached hydrogens (primary N) is 1. The molecule has 1 aliphatic rings. The molecule has 0 saturated carbocycles. The van der Waals surface area contributed by atoms with Gasteiger partial charge >= 0.3 is 0 Å². The molecule has 0 aliphatic heterocycles. The minimum atomic E-state index is -0.853. The number of benzene rings is 1. The molecule has 1 aromatic carbocycles. The molecule has 1 aliphatic carbocycles. The molecule has 3 heteroatoms. The summed E-state index contributed by atoms with van der Waals surface area (Å²) in [5.41, 5.74) is 7.04. The average molecular weight is 195 g/mol. The van der Waals surface area contributed by atoms with E-state index < -0.39 is 6.10 Å². The van der Waals surface area contributed by atoms with Gasteiger partial charge in [0.1, 0.15) is 5.82 Å². The first-order valence-corrected chi connectivity index (χ1v) is 4.91. The van der Waals surface area contributed by atoms with Gasteiger partial charge in [0.2, 0.25) is 0 Å². The molecule has 14 heavy (non-hydrogen) atoms. The van der Waals surface area contributed by atoms with Crippen LogP contribution in [0.1, 0.15) is 30.1 Å². The van der Waals surface area contributed by atoms with Crippen molar-refractivity contribution >= 4 is 0 Å². The Labute approximate surface area is 82.5 Å². The number of hydrogen-bond donors (Lipinski definition) is 2. The molecular weight excluding hydrogens is 181 g/mol. The number of fused-ring (bicyclic) bond motifs is 1. The second kappa shape index (κ2) is 3.67. The standard InChI is InChI=1S/C11H14FNO/c12-8-5-1-3-7-4-2-6-9(13)11(14)10(7)8/h1,3,5,9,11,14H,2,4,6,13H2. The summed E-state index contributed by atoms with van der Waals surface area (Å²) in [7, 11) is 0. The van der Waals surface area contributed by atoms with Crippen LogP contribution in [-0.2, 0) is 6.42 Å². The van der Waals surface area contributed by atoms with Crippen molar-refractivity contribution in [2.24, 2.45) is 5.73 Å². The number of hydrogen-bond acceptors (Lipinski definition) is 2. The lowest BCUT2D eigenvalue weighted by molar-refractivity contribution is 0.140. The van der Waals surface area contributed by atoms with Gasteiger partial charge in [-0.3, -0.25) is 0 Å². The van der Waals surface area contributed by atoms with Gasteiger partial charge in [-0.15, -0.1) is 0 Å². The summed E-state index contributed by atoms with van der Waals surface area (Å²) in [6, 6.07) is 4.57. The van der Waals surface area contributed by atoms with Gasteiger partial charge in [-0.05, 0) is 30.9 Å². The zero-order valence-electron chi connectivity index (χ0n) is 7.91. The van der Waals surface area contributed by atoms with E-state index in [0.29, 0.717) is 5.56 Å². The third kappa shape index (κ3) is 1.53. The summed E-state index contributed by atoms with van der Waals surface area (Å²) >= 11 is 0. The van der Waals surface area contributed by atoms with Crippen LogP contribution in [0.2, 0.25) is 0 Å². The number of halogens is 1. The van der Waals surface area contributed by atoms with E-state index in [1.807, 2.05) is 6.07 Å². The molecule has 2 rings (SSSR count). The molecule has 0 bridgehead atoms. The topological polar surface area (TPSA) is 46.2 Å². The van der Waals surface area contributed by atoms with E-state index in [1.54, 1.807) is 6.07 Å². The van der Waals surface area contributed by atoms with Crippen LogP contribution in [0.15, 0.2) is 18.2 Å². The molecule has 0 saturated heterocycles. The van der Waals surface area contributed by atoms with Gasteiger partial charge in [0.25, 0.3) is 0 Å². The van der Waals surface area contributed by atoms with E-state index in [1.165, 1.54) is 6.07 Å². The van der Waals surface area contributed by atoms with Crippen LogP contribution in [0.5, 0.6) is 0 Å². The first-order valence-electron chi connectivity index (χ1n) is 4.91. The van der Waals surface area contributed by atoms with E-state index in [-0.39, 0.29) is 11.9 Å². The van der Waals surface area contributed by atoms with Crippen molar-refractivity contribution in [2.45, 2.75) is 31.4 Å². The lowest BCUT2D eigenvalue weighted by Gasteiger charge is -2.17. The molecule has 1 aromatic rings. The van der Waals surface area contributed by atoms with Gasteiger partial charge in [-0.25, -0.2) is 4.39 Å². The lowest BCUT2D eigenvalue weighted by Crippen LogP contribution is -2.27. The van der Waals surface area contributed by atoms with Crippen molar-refractivity contribution in [2.75, 3.05) is 0 Å². The van der Waals surface area contributed by atoms with Crippen molar-refractivity contribution < 1.29 is 9.50 Å². The number of aliphatic hydroxyl groups is 1. The van der Waals surface area contributed by atoms with Gasteiger partial charge in [0.15, 0.2) is 0 Å². The highest BCUT2D eigenvalue weighted by Crippen LogP contribution is 2.29. The first-order chi connectivity index (χ1) is 6.70. The zero-order valence-corrected chi connectivity index (χ0v) is 7.91. The van der Waals surface area contributed by atoms with Gasteiger partial charge in [-0.1, -0.05) is 12.1 Å². The fourth-order valence-electron chi connectivity index (χ4n) is 2.03. The van der Waals surface area contributed by atoms with Gasteiger partial charge < -0.3 is 10.8 Å². The third-order valence-corrected chi connectivity index (χ3v) is 2.83. The summed E-state index contributed by atoms with van der Waals surface area (Å²) in [4.78, 5) is 0. The summed E-state index contributed by atoms with van der Waals surface area (Å²) < 4.78 is 13.5. The van der Waals surface area contributed by atoms with Gasteiger partial charge in [0, 0.05) is 11.6 Å². The largest absolute Gasteiger partial charge is 0.387 e. The summed E-state index contributed by atoms with van der Waals surface area (Å²) in [6.07, 6.45) is 1.61. The SMILES string of the molecule is NC1CCCc2cccc(F)c2C1O. The Morgan fingerprint density at radius 3 is 3.00 bits per heavy atom. The van der Waals surface area contributed by atoms with E-state index in [2.05, 4.69) is 0 Å². The molecule has 2 atom stereocenters. The molecule has 0 spiro atoms. The highest BCUT2D eigenvalue weighted by atomic mass is 19.1. The fourth-order valence-corrected chi connectivity index (χ4v) is 2.03. The molecule has 0 fully saturated rings. The molecule has 2 nitrogen and oxygen atoms in total. The Morgan fingerprint density at radius 1 is 1.43 bits per heavy atom. The smallest absolute Gasteiger partial charge is 0.129 e. The fraction of sp³-hybridized carbons (Fsp3) is 0.455. The normalized spacial score (nSPS) is 26.8. The summed E-state index contributed by atoms with van der Waals surface area (Å²) in [6.45, 7) is 0. The molecule has 0 amide bonds. The quantitative estimate of drug-likeness (QED) is 0.616. The maximum absolute atomic E-state index is 13.5. The Morgan fingerprint density at radius 2 is 2.21 bits per heavy atom. The molecule has 0 heterocycles. The van der Waals surface area contributed by atoms with E-state index >= 15 is 0 Å². The number of aryl methyl sites for hydroxylation is 1. The van der Waals surface area contributed by atoms with Crippen molar-refractivity contribution in [3.63, 3.8) is 0 Å². The van der Waals surface area contributed by atoms with Crippen LogP contribution in [0.25, 0.3) is 0 Å². The van der Waals surface area contributed by atoms with E-state index in [0.717, 1.165) is 24.8 Å². The van der Waals surface area contributed by atoms with Crippen molar-refractivity contribution in [3.05, 3.63) is 35.1 Å². The van der Waals surface area contributed by atoms with Crippen molar-refractivity contribution in [3.8, 4) is 0 Å². The molecule has 2 unspecified atom stereocenters. The molecule has 0 radical (unpaired) electrons. The minimum absolute atomic E-state index is 0.340. The maximum atomic E-state index is 13.5. The Balaban J connectivity index is 2.49. The molecule has 76 valence electrons. The molecule has 0 aromatic heterocycles. The van der Waals surface area contributed by atoms with Crippen LogP contribution in [0.3, 0.4) is 0 Å². The number of aliphatic hydroxyl groups excluding tert-OH is 1. The summed E-state index contributed by atoms with van der Waals surface area (Å²) in [5.74, 6) is -0.340. The Kier molecular flexibility index (Phi) is 2.52. The average Bonchev–Trinajstić information content (AvgIpc) is 2.29. The molecule has 3 N–H and O–H groups in total. The minimum Gasteiger partial charge on any atom is -0.387 e. The van der Waals surface area contributed by atoms with Crippen molar-refractivity contribution in [1.82, 2.24) is 0 Å².